The normalized spacial score (nSPS) is 16.9. The first-order valence-corrected chi connectivity index (χ1v) is 10.8. The van der Waals surface area contributed by atoms with E-state index in [-0.39, 0.29) is 24.0 Å². The first-order valence-electron chi connectivity index (χ1n) is 10.8. The first kappa shape index (κ1) is 25.5. The quantitative estimate of drug-likeness (QED) is 0.208. The van der Waals surface area contributed by atoms with Gasteiger partial charge in [0.25, 0.3) is 0 Å². The van der Waals surface area contributed by atoms with Crippen molar-refractivity contribution in [2.45, 2.75) is 45.3 Å². The summed E-state index contributed by atoms with van der Waals surface area (Å²) in [6.45, 7) is 7.01. The van der Waals surface area contributed by atoms with Gasteiger partial charge >= 0.3 is 0 Å². The van der Waals surface area contributed by atoms with Crippen LogP contribution in [0.25, 0.3) is 0 Å². The van der Waals surface area contributed by atoms with Gasteiger partial charge in [0.15, 0.2) is 11.8 Å². The number of nitrogens with zero attached hydrogens (tertiary/aromatic N) is 5. The summed E-state index contributed by atoms with van der Waals surface area (Å²) in [6.07, 6.45) is 3.38. The van der Waals surface area contributed by atoms with E-state index < -0.39 is 0 Å². The number of benzene rings is 1. The van der Waals surface area contributed by atoms with E-state index in [4.69, 9.17) is 9.73 Å². The highest BCUT2D eigenvalue weighted by Crippen LogP contribution is 2.19. The lowest BCUT2D eigenvalue weighted by molar-refractivity contribution is 0.195. The maximum Gasteiger partial charge on any atom is 0.191 e. The molecule has 9 heteroatoms. The molecule has 1 aliphatic heterocycles. The van der Waals surface area contributed by atoms with Crippen LogP contribution in [0.3, 0.4) is 0 Å². The van der Waals surface area contributed by atoms with E-state index in [1.165, 1.54) is 18.4 Å². The first-order chi connectivity index (χ1) is 14.7. The molecule has 0 radical (unpaired) electrons. The van der Waals surface area contributed by atoms with Gasteiger partial charge in [0, 0.05) is 46.4 Å². The van der Waals surface area contributed by atoms with E-state index >= 15 is 0 Å². The van der Waals surface area contributed by atoms with Crippen molar-refractivity contribution >= 4 is 29.9 Å². The summed E-state index contributed by atoms with van der Waals surface area (Å²) in [5.74, 6) is 2.57. The summed E-state index contributed by atoms with van der Waals surface area (Å²) in [7, 11) is 3.70. The van der Waals surface area contributed by atoms with E-state index in [9.17, 15) is 0 Å². The maximum atomic E-state index is 5.15. The van der Waals surface area contributed by atoms with Crippen molar-refractivity contribution in [1.82, 2.24) is 30.3 Å². The molecule has 31 heavy (non-hydrogen) atoms. The van der Waals surface area contributed by atoms with E-state index in [0.29, 0.717) is 12.6 Å². The average molecular weight is 541 g/mol. The second kappa shape index (κ2) is 13.6. The standard InChI is InChI=1S/C22H35N7O.HI/c1-18-26-27-21(28(18)2)16-25-22(23-12-8-14-30-3)24-15-20-11-7-13-29(20)17-19-9-5-4-6-10-19;/h4-6,9-10,20H,7-8,11-17H2,1-3H3,(H2,23,24,25);1H. The summed E-state index contributed by atoms with van der Waals surface area (Å²) in [5, 5.41) is 15.3. The van der Waals surface area contributed by atoms with Crippen LogP contribution in [-0.4, -0.2) is 65.0 Å². The highest BCUT2D eigenvalue weighted by Gasteiger charge is 2.24. The highest BCUT2D eigenvalue weighted by molar-refractivity contribution is 14.0. The number of methoxy groups -OCH3 is 1. The van der Waals surface area contributed by atoms with Gasteiger partial charge in [0.2, 0.25) is 0 Å². The van der Waals surface area contributed by atoms with Crippen LogP contribution in [0.4, 0.5) is 0 Å². The van der Waals surface area contributed by atoms with Gasteiger partial charge in [-0.15, -0.1) is 34.2 Å². The minimum atomic E-state index is 0. The van der Waals surface area contributed by atoms with E-state index in [0.717, 1.165) is 56.8 Å². The van der Waals surface area contributed by atoms with Crippen molar-refractivity contribution in [3.8, 4) is 0 Å². The molecule has 2 N–H and O–H groups in total. The zero-order chi connectivity index (χ0) is 21.2. The van der Waals surface area contributed by atoms with Gasteiger partial charge in [-0.05, 0) is 38.3 Å². The fraction of sp³-hybridized carbons (Fsp3) is 0.591. The molecule has 0 amide bonds. The number of aryl methyl sites for hydroxylation is 1. The molecular formula is C22H36IN7O. The van der Waals surface area contributed by atoms with Crippen molar-refractivity contribution in [2.75, 3.05) is 33.4 Å². The van der Waals surface area contributed by atoms with Crippen LogP contribution in [0.2, 0.25) is 0 Å². The average Bonchev–Trinajstić information content (AvgIpc) is 3.34. The molecule has 2 heterocycles. The van der Waals surface area contributed by atoms with Crippen molar-refractivity contribution in [3.63, 3.8) is 0 Å². The maximum absolute atomic E-state index is 5.15. The SMILES string of the molecule is COCCCNC(=NCc1nnc(C)n1C)NCC1CCCN1Cc1ccccc1.I. The van der Waals surface area contributed by atoms with Gasteiger partial charge in [0.05, 0.1) is 0 Å². The molecule has 8 nitrogen and oxygen atoms in total. The number of aliphatic imine (C=N–C) groups is 1. The van der Waals surface area contributed by atoms with Crippen LogP contribution in [0.1, 0.15) is 36.5 Å². The topological polar surface area (TPSA) is 79.6 Å². The van der Waals surface area contributed by atoms with Crippen molar-refractivity contribution < 1.29 is 4.74 Å². The smallest absolute Gasteiger partial charge is 0.191 e. The Morgan fingerprint density at radius 1 is 1.23 bits per heavy atom. The molecule has 0 saturated carbocycles. The van der Waals surface area contributed by atoms with Gasteiger partial charge in [-0.3, -0.25) is 4.90 Å². The van der Waals surface area contributed by atoms with E-state index in [2.05, 4.69) is 56.1 Å². The second-order valence-corrected chi connectivity index (χ2v) is 7.79. The van der Waals surface area contributed by atoms with Gasteiger partial charge in [-0.2, -0.15) is 0 Å². The third-order valence-corrected chi connectivity index (χ3v) is 5.61. The lowest BCUT2D eigenvalue weighted by Crippen LogP contribution is -2.45. The second-order valence-electron chi connectivity index (χ2n) is 7.79. The molecule has 1 aliphatic rings. The van der Waals surface area contributed by atoms with Gasteiger partial charge in [0.1, 0.15) is 12.4 Å². The summed E-state index contributed by atoms with van der Waals surface area (Å²) in [5.41, 5.74) is 1.37. The predicted molar refractivity (Wildman–Crippen MR) is 135 cm³/mol. The van der Waals surface area contributed by atoms with Crippen LogP contribution in [0.5, 0.6) is 0 Å². The Balaban J connectivity index is 0.00000341. The lowest BCUT2D eigenvalue weighted by Gasteiger charge is -2.25. The Hall–Kier alpha value is -1.72. The van der Waals surface area contributed by atoms with Crippen LogP contribution in [0, 0.1) is 6.92 Å². The molecule has 2 aromatic rings. The summed E-state index contributed by atoms with van der Waals surface area (Å²) < 4.78 is 7.13. The molecule has 172 valence electrons. The number of hydrogen-bond acceptors (Lipinski definition) is 5. The molecule has 1 aromatic heterocycles. The Morgan fingerprint density at radius 3 is 2.74 bits per heavy atom. The zero-order valence-electron chi connectivity index (χ0n) is 18.9. The highest BCUT2D eigenvalue weighted by atomic mass is 127. The number of ether oxygens (including phenoxy) is 1. The molecule has 0 bridgehead atoms. The molecule has 1 saturated heterocycles. The number of likely N-dealkylation sites (tertiary alicyclic amines) is 1. The van der Waals surface area contributed by atoms with Gasteiger partial charge in [-0.25, -0.2) is 4.99 Å². The summed E-state index contributed by atoms with van der Waals surface area (Å²) >= 11 is 0. The molecule has 0 aliphatic carbocycles. The monoisotopic (exact) mass is 541 g/mol. The lowest BCUT2D eigenvalue weighted by atomic mass is 10.2. The zero-order valence-corrected chi connectivity index (χ0v) is 21.2. The Kier molecular flexibility index (Phi) is 11.2. The molecular weight excluding hydrogens is 505 g/mol. The van der Waals surface area contributed by atoms with E-state index in [1.807, 2.05) is 18.5 Å². The van der Waals surface area contributed by atoms with Crippen LogP contribution >= 0.6 is 24.0 Å². The number of guanidine groups is 1. The fourth-order valence-electron chi connectivity index (χ4n) is 3.70. The number of rotatable bonds is 10. The van der Waals surface area contributed by atoms with Crippen LogP contribution in [0.15, 0.2) is 35.3 Å². The summed E-state index contributed by atoms with van der Waals surface area (Å²) in [4.78, 5) is 7.31. The van der Waals surface area contributed by atoms with Crippen LogP contribution in [-0.2, 0) is 24.9 Å². The third-order valence-electron chi connectivity index (χ3n) is 5.61. The number of nitrogens with one attached hydrogen (secondary N) is 2. The van der Waals surface area contributed by atoms with Gasteiger partial charge < -0.3 is 19.9 Å². The largest absolute Gasteiger partial charge is 0.385 e. The Bertz CT molecular complexity index is 796. The molecule has 1 atom stereocenters. The van der Waals surface area contributed by atoms with Crippen molar-refractivity contribution in [3.05, 3.63) is 47.5 Å². The Labute approximate surface area is 202 Å². The fourth-order valence-corrected chi connectivity index (χ4v) is 3.70. The van der Waals surface area contributed by atoms with Crippen LogP contribution < -0.4 is 10.6 Å². The molecule has 1 fully saturated rings. The third kappa shape index (κ3) is 8.04. The predicted octanol–water partition coefficient (Wildman–Crippen LogP) is 2.48. The number of halogens is 1. The Morgan fingerprint density at radius 2 is 2.03 bits per heavy atom. The van der Waals surface area contributed by atoms with Gasteiger partial charge in [-0.1, -0.05) is 30.3 Å². The minimum Gasteiger partial charge on any atom is -0.385 e. The molecule has 0 spiro atoms. The number of aromatic nitrogens is 3. The molecule has 1 aromatic carbocycles. The minimum absolute atomic E-state index is 0. The van der Waals surface area contributed by atoms with Crippen molar-refractivity contribution in [2.24, 2.45) is 12.0 Å². The number of hydrogen-bond donors (Lipinski definition) is 2. The summed E-state index contributed by atoms with van der Waals surface area (Å²) in [6, 6.07) is 11.2. The molecule has 1 unspecified atom stereocenters. The van der Waals surface area contributed by atoms with E-state index in [1.54, 1.807) is 7.11 Å². The van der Waals surface area contributed by atoms with Crippen molar-refractivity contribution in [1.29, 1.82) is 0 Å². The molecule has 3 rings (SSSR count).